The highest BCUT2D eigenvalue weighted by molar-refractivity contribution is 7.14. The first-order chi connectivity index (χ1) is 15.8. The van der Waals surface area contributed by atoms with E-state index in [0.717, 1.165) is 0 Å². The van der Waals surface area contributed by atoms with E-state index in [2.05, 4.69) is 4.98 Å². The monoisotopic (exact) mass is 474 g/mol. The van der Waals surface area contributed by atoms with Gasteiger partial charge in [0.15, 0.2) is 5.13 Å². The Morgan fingerprint density at radius 1 is 1.18 bits per heavy atom. The molecule has 10 heteroatoms. The average molecular weight is 475 g/mol. The molecule has 1 fully saturated rings. The van der Waals surface area contributed by atoms with Crippen molar-refractivity contribution in [3.05, 3.63) is 47.2 Å². The number of halogens is 1. The highest BCUT2D eigenvalue weighted by Gasteiger charge is 2.24. The predicted molar refractivity (Wildman–Crippen MR) is 125 cm³/mol. The van der Waals surface area contributed by atoms with Crippen LogP contribution in [0.3, 0.4) is 0 Å². The first-order valence-corrected chi connectivity index (χ1v) is 11.5. The number of benzene rings is 1. The summed E-state index contributed by atoms with van der Waals surface area (Å²) in [5.41, 5.74) is 0.609. The Bertz CT molecular complexity index is 1030. The number of carbonyl (C=O) groups excluding carboxylic acids is 3. The highest BCUT2D eigenvalue weighted by Crippen LogP contribution is 2.31. The zero-order valence-corrected chi connectivity index (χ0v) is 19.7. The fourth-order valence-corrected chi connectivity index (χ4v) is 4.04. The maximum Gasteiger partial charge on any atom is 0.409 e. The van der Waals surface area contributed by atoms with E-state index in [9.17, 15) is 18.8 Å². The highest BCUT2D eigenvalue weighted by atomic mass is 32.1. The molecule has 1 aromatic carbocycles. The van der Waals surface area contributed by atoms with E-state index in [1.807, 2.05) is 13.8 Å². The molecule has 176 valence electrons. The van der Waals surface area contributed by atoms with Crippen LogP contribution in [-0.4, -0.2) is 65.5 Å². The minimum Gasteiger partial charge on any atom is -0.449 e. The number of anilines is 2. The van der Waals surface area contributed by atoms with E-state index in [-0.39, 0.29) is 29.5 Å². The van der Waals surface area contributed by atoms with E-state index in [4.69, 9.17) is 4.74 Å². The van der Waals surface area contributed by atoms with Crippen LogP contribution in [0.15, 0.2) is 35.7 Å². The van der Waals surface area contributed by atoms with Crippen molar-refractivity contribution in [1.29, 1.82) is 0 Å². The van der Waals surface area contributed by atoms with Crippen molar-refractivity contribution in [3.63, 3.8) is 0 Å². The molecule has 1 aromatic heterocycles. The normalized spacial score (nSPS) is 14.1. The maximum atomic E-state index is 14.2. The predicted octanol–water partition coefficient (Wildman–Crippen LogP) is 3.92. The second-order valence-corrected chi connectivity index (χ2v) is 8.81. The third-order valence-corrected chi connectivity index (χ3v) is 5.74. The van der Waals surface area contributed by atoms with Crippen molar-refractivity contribution in [2.24, 2.45) is 5.92 Å². The molecule has 0 saturated carbocycles. The number of aromatic nitrogens is 1. The minimum atomic E-state index is -0.526. The van der Waals surface area contributed by atoms with Gasteiger partial charge in [0.05, 0.1) is 18.0 Å². The van der Waals surface area contributed by atoms with Crippen molar-refractivity contribution >= 4 is 46.1 Å². The molecular formula is C23H27FN4O4S. The molecule has 0 aliphatic carbocycles. The third-order valence-electron chi connectivity index (χ3n) is 4.90. The van der Waals surface area contributed by atoms with Gasteiger partial charge in [-0.1, -0.05) is 26.0 Å². The van der Waals surface area contributed by atoms with Crippen molar-refractivity contribution in [2.45, 2.75) is 20.8 Å². The molecule has 2 aromatic rings. The number of ether oxygens (including phenoxy) is 1. The molecule has 2 heterocycles. The van der Waals surface area contributed by atoms with Gasteiger partial charge in [-0.3, -0.25) is 14.5 Å². The maximum absolute atomic E-state index is 14.2. The molecule has 0 atom stereocenters. The molecule has 0 unspecified atom stereocenters. The molecular weight excluding hydrogens is 447 g/mol. The SMILES string of the molecule is CC(=O)N(c1nc(C=CC(=O)N2CCN(C(=O)OCC(C)C)CC2)cs1)c1ccccc1F. The molecule has 0 N–H and O–H groups in total. The number of hydrogen-bond donors (Lipinski definition) is 0. The molecule has 1 aliphatic heterocycles. The van der Waals surface area contributed by atoms with Crippen molar-refractivity contribution < 1.29 is 23.5 Å². The summed E-state index contributed by atoms with van der Waals surface area (Å²) >= 11 is 1.18. The van der Waals surface area contributed by atoms with Gasteiger partial charge in [0, 0.05) is 44.6 Å². The number of para-hydroxylation sites is 1. The fraction of sp³-hybridized carbons (Fsp3) is 0.391. The van der Waals surface area contributed by atoms with Gasteiger partial charge in [0.1, 0.15) is 5.82 Å². The Balaban J connectivity index is 1.59. The van der Waals surface area contributed by atoms with Crippen molar-refractivity contribution in [3.8, 4) is 0 Å². The number of amides is 3. The summed E-state index contributed by atoms with van der Waals surface area (Å²) in [4.78, 5) is 45.5. The van der Waals surface area contributed by atoms with E-state index in [1.54, 1.807) is 33.4 Å². The Hall–Kier alpha value is -3.27. The molecule has 1 aliphatic rings. The zero-order valence-electron chi connectivity index (χ0n) is 18.9. The van der Waals surface area contributed by atoms with Gasteiger partial charge in [-0.25, -0.2) is 14.2 Å². The summed E-state index contributed by atoms with van der Waals surface area (Å²) in [7, 11) is 0. The van der Waals surface area contributed by atoms with Crippen LogP contribution in [0.1, 0.15) is 26.5 Å². The molecule has 3 rings (SSSR count). The van der Waals surface area contributed by atoms with Crippen molar-refractivity contribution in [2.75, 3.05) is 37.7 Å². The van der Waals surface area contributed by atoms with Gasteiger partial charge in [0.2, 0.25) is 11.8 Å². The second kappa shape index (κ2) is 11.0. The molecule has 33 heavy (non-hydrogen) atoms. The van der Waals surface area contributed by atoms with Crippen LogP contribution < -0.4 is 4.90 Å². The number of hydrogen-bond acceptors (Lipinski definition) is 6. The molecule has 8 nitrogen and oxygen atoms in total. The minimum absolute atomic E-state index is 0.121. The number of nitrogens with zero attached hydrogens (tertiary/aromatic N) is 4. The number of carbonyl (C=O) groups is 3. The summed E-state index contributed by atoms with van der Waals surface area (Å²) in [5.74, 6) is -0.826. The summed E-state index contributed by atoms with van der Waals surface area (Å²) in [5, 5.41) is 2.01. The van der Waals surface area contributed by atoms with Crippen LogP contribution in [-0.2, 0) is 14.3 Å². The van der Waals surface area contributed by atoms with Crippen LogP contribution in [0.25, 0.3) is 6.08 Å². The Morgan fingerprint density at radius 3 is 2.48 bits per heavy atom. The standard InChI is InChI=1S/C23H27FN4O4S/c1-16(2)14-32-23(31)27-12-10-26(11-13-27)21(30)9-8-18-15-33-22(25-18)28(17(3)29)20-7-5-4-6-19(20)24/h4-9,15-16H,10-14H2,1-3H3. The molecule has 1 saturated heterocycles. The van der Waals surface area contributed by atoms with Gasteiger partial charge >= 0.3 is 6.09 Å². The first-order valence-electron chi connectivity index (χ1n) is 10.7. The quantitative estimate of drug-likeness (QED) is 0.593. The molecule has 0 radical (unpaired) electrons. The lowest BCUT2D eigenvalue weighted by molar-refractivity contribution is -0.127. The smallest absolute Gasteiger partial charge is 0.409 e. The first kappa shape index (κ1) is 24.4. The summed E-state index contributed by atoms with van der Waals surface area (Å²) in [6.07, 6.45) is 2.61. The largest absolute Gasteiger partial charge is 0.449 e. The average Bonchev–Trinajstić information content (AvgIpc) is 3.25. The van der Waals surface area contributed by atoms with Gasteiger partial charge in [-0.2, -0.15) is 0 Å². The molecule has 3 amide bonds. The summed E-state index contributed by atoms with van der Waals surface area (Å²) in [6.45, 7) is 7.29. The zero-order chi connectivity index (χ0) is 24.0. The molecule has 0 spiro atoms. The van der Waals surface area contributed by atoms with E-state index >= 15 is 0 Å². The number of thiazole rings is 1. The van der Waals surface area contributed by atoms with E-state index in [0.29, 0.717) is 43.6 Å². The Kier molecular flexibility index (Phi) is 8.16. The summed E-state index contributed by atoms with van der Waals surface area (Å²) in [6, 6.07) is 5.98. The lowest BCUT2D eigenvalue weighted by Gasteiger charge is -2.33. The van der Waals surface area contributed by atoms with Crippen LogP contribution >= 0.6 is 11.3 Å². The van der Waals surface area contributed by atoms with Crippen LogP contribution in [0.2, 0.25) is 0 Å². The topological polar surface area (TPSA) is 83.1 Å². The third kappa shape index (κ3) is 6.38. The second-order valence-electron chi connectivity index (χ2n) is 7.98. The summed E-state index contributed by atoms with van der Waals surface area (Å²) < 4.78 is 19.4. The van der Waals surface area contributed by atoms with Crippen LogP contribution in [0.4, 0.5) is 20.0 Å². The lowest BCUT2D eigenvalue weighted by atomic mass is 10.2. The van der Waals surface area contributed by atoms with Crippen LogP contribution in [0, 0.1) is 11.7 Å². The van der Waals surface area contributed by atoms with Gasteiger partial charge in [0.25, 0.3) is 0 Å². The van der Waals surface area contributed by atoms with Crippen molar-refractivity contribution in [1.82, 2.24) is 14.8 Å². The molecule has 0 bridgehead atoms. The van der Waals surface area contributed by atoms with Gasteiger partial charge < -0.3 is 14.5 Å². The van der Waals surface area contributed by atoms with Crippen LogP contribution in [0.5, 0.6) is 0 Å². The Morgan fingerprint density at radius 2 is 1.85 bits per heavy atom. The number of piperazine rings is 1. The fourth-order valence-electron chi connectivity index (χ4n) is 3.20. The van der Waals surface area contributed by atoms with Gasteiger partial charge in [-0.05, 0) is 24.1 Å². The van der Waals surface area contributed by atoms with E-state index in [1.165, 1.54) is 41.4 Å². The van der Waals surface area contributed by atoms with E-state index < -0.39 is 5.82 Å². The Labute approximate surface area is 196 Å². The van der Waals surface area contributed by atoms with Gasteiger partial charge in [-0.15, -0.1) is 11.3 Å². The number of rotatable bonds is 6. The lowest BCUT2D eigenvalue weighted by Crippen LogP contribution is -2.50.